The number of rotatable bonds is 9. The van der Waals surface area contributed by atoms with Crippen molar-refractivity contribution >= 4 is 17.6 Å². The summed E-state index contributed by atoms with van der Waals surface area (Å²) < 4.78 is 5.74. The summed E-state index contributed by atoms with van der Waals surface area (Å²) in [4.78, 5) is 19.1. The van der Waals surface area contributed by atoms with Crippen molar-refractivity contribution in [1.82, 2.24) is 15.5 Å². The number of likely N-dealkylation sites (tertiary alicyclic amines) is 1. The van der Waals surface area contributed by atoms with Crippen molar-refractivity contribution in [3.05, 3.63) is 54.0 Å². The lowest BCUT2D eigenvalue weighted by molar-refractivity contribution is -0.119. The van der Waals surface area contributed by atoms with Crippen molar-refractivity contribution in [2.75, 3.05) is 32.0 Å². The van der Waals surface area contributed by atoms with Gasteiger partial charge in [-0.3, -0.25) is 14.7 Å². The van der Waals surface area contributed by atoms with Gasteiger partial charge in [0.2, 0.25) is 5.91 Å². The van der Waals surface area contributed by atoms with E-state index in [0.29, 0.717) is 6.54 Å². The maximum atomic E-state index is 12.2. The number of carbonyl (C=O) groups excluding carboxylic acids is 1. The molecule has 7 nitrogen and oxygen atoms in total. The molecule has 1 aromatic carbocycles. The number of carbonyl (C=O) groups is 1. The molecular weight excluding hydrogens is 402 g/mol. The summed E-state index contributed by atoms with van der Waals surface area (Å²) in [5.41, 5.74) is 1.90. The van der Waals surface area contributed by atoms with Gasteiger partial charge in [-0.2, -0.15) is 0 Å². The van der Waals surface area contributed by atoms with Crippen LogP contribution in [0.4, 0.5) is 5.69 Å². The first-order valence-corrected chi connectivity index (χ1v) is 11.7. The minimum Gasteiger partial charge on any atom is -0.468 e. The largest absolute Gasteiger partial charge is 0.468 e. The third-order valence-corrected chi connectivity index (χ3v) is 6.10. The molecule has 174 valence electrons. The van der Waals surface area contributed by atoms with Gasteiger partial charge in [0.25, 0.3) is 0 Å². The second-order valence-corrected chi connectivity index (χ2v) is 8.43. The third kappa shape index (κ3) is 6.85. The number of amides is 1. The molecule has 0 aliphatic carbocycles. The SMILES string of the molecule is CCC(C)C(=O)Nc1cccc(CNC(=NC)NCC(c2ccco2)N2CCCCC2)c1. The molecule has 3 rings (SSSR count). The predicted octanol–water partition coefficient (Wildman–Crippen LogP) is 4.16. The van der Waals surface area contributed by atoms with Crippen molar-refractivity contribution in [3.8, 4) is 0 Å². The predicted molar refractivity (Wildman–Crippen MR) is 130 cm³/mol. The van der Waals surface area contributed by atoms with E-state index in [1.807, 2.05) is 44.2 Å². The Hall–Kier alpha value is -2.80. The Morgan fingerprint density at radius 3 is 2.66 bits per heavy atom. The number of furan rings is 1. The molecule has 2 atom stereocenters. The zero-order valence-electron chi connectivity index (χ0n) is 19.6. The van der Waals surface area contributed by atoms with Crippen LogP contribution in [0.15, 0.2) is 52.1 Å². The Morgan fingerprint density at radius 1 is 1.16 bits per heavy atom. The summed E-state index contributed by atoms with van der Waals surface area (Å²) in [7, 11) is 1.78. The molecule has 2 unspecified atom stereocenters. The molecule has 1 amide bonds. The summed E-state index contributed by atoms with van der Waals surface area (Å²) in [6.07, 6.45) is 6.33. The van der Waals surface area contributed by atoms with E-state index in [-0.39, 0.29) is 17.9 Å². The van der Waals surface area contributed by atoms with Crippen LogP contribution in [0.5, 0.6) is 0 Å². The van der Waals surface area contributed by atoms with Crippen LogP contribution in [0.2, 0.25) is 0 Å². The first kappa shape index (κ1) is 23.9. The number of hydrogen-bond acceptors (Lipinski definition) is 4. The second kappa shape index (κ2) is 12.3. The normalized spacial score (nSPS) is 16.9. The van der Waals surface area contributed by atoms with Crippen LogP contribution in [-0.4, -0.2) is 43.4 Å². The van der Waals surface area contributed by atoms with Gasteiger partial charge in [-0.05, 0) is 62.2 Å². The fraction of sp³-hybridized carbons (Fsp3) is 0.520. The average Bonchev–Trinajstić information content (AvgIpc) is 3.36. The number of anilines is 1. The number of nitrogens with one attached hydrogen (secondary N) is 3. The number of nitrogens with zero attached hydrogens (tertiary/aromatic N) is 2. The van der Waals surface area contributed by atoms with Gasteiger partial charge >= 0.3 is 0 Å². The number of piperidine rings is 1. The second-order valence-electron chi connectivity index (χ2n) is 8.43. The third-order valence-electron chi connectivity index (χ3n) is 6.10. The molecule has 1 saturated heterocycles. The molecule has 7 heteroatoms. The average molecular weight is 440 g/mol. The van der Waals surface area contributed by atoms with Crippen LogP contribution >= 0.6 is 0 Å². The molecular formula is C25H37N5O2. The quantitative estimate of drug-likeness (QED) is 0.404. The highest BCUT2D eigenvalue weighted by Crippen LogP contribution is 2.24. The first-order chi connectivity index (χ1) is 15.6. The topological polar surface area (TPSA) is 81.9 Å². The monoisotopic (exact) mass is 439 g/mol. The van der Waals surface area contributed by atoms with Crippen molar-refractivity contribution < 1.29 is 9.21 Å². The van der Waals surface area contributed by atoms with Crippen LogP contribution in [0.3, 0.4) is 0 Å². The summed E-state index contributed by atoms with van der Waals surface area (Å²) in [5, 5.41) is 9.84. The molecule has 0 bridgehead atoms. The zero-order chi connectivity index (χ0) is 22.8. The fourth-order valence-corrected chi connectivity index (χ4v) is 3.93. The lowest BCUT2D eigenvalue weighted by atomic mass is 10.1. The fourth-order valence-electron chi connectivity index (χ4n) is 3.93. The summed E-state index contributed by atoms with van der Waals surface area (Å²) in [6, 6.07) is 12.1. The zero-order valence-corrected chi connectivity index (χ0v) is 19.6. The highest BCUT2D eigenvalue weighted by molar-refractivity contribution is 5.92. The molecule has 1 aliphatic heterocycles. The van der Waals surface area contributed by atoms with Crippen LogP contribution in [0.25, 0.3) is 0 Å². The van der Waals surface area contributed by atoms with E-state index in [0.717, 1.165) is 49.0 Å². The van der Waals surface area contributed by atoms with Crippen LogP contribution < -0.4 is 16.0 Å². The van der Waals surface area contributed by atoms with Gasteiger partial charge in [0.15, 0.2) is 5.96 Å². The molecule has 1 aromatic heterocycles. The van der Waals surface area contributed by atoms with Crippen molar-refractivity contribution in [3.63, 3.8) is 0 Å². The minimum absolute atomic E-state index is 0.00169. The highest BCUT2D eigenvalue weighted by atomic mass is 16.3. The highest BCUT2D eigenvalue weighted by Gasteiger charge is 2.24. The van der Waals surface area contributed by atoms with Crippen molar-refractivity contribution in [1.29, 1.82) is 0 Å². The lowest BCUT2D eigenvalue weighted by Gasteiger charge is -2.33. The van der Waals surface area contributed by atoms with Gasteiger partial charge in [-0.25, -0.2) is 0 Å². The van der Waals surface area contributed by atoms with E-state index < -0.39 is 0 Å². The van der Waals surface area contributed by atoms with E-state index in [1.165, 1.54) is 19.3 Å². The molecule has 1 fully saturated rings. The maximum absolute atomic E-state index is 12.2. The van der Waals surface area contributed by atoms with E-state index in [1.54, 1.807) is 13.3 Å². The summed E-state index contributed by atoms with van der Waals surface area (Å²) in [5.74, 6) is 1.78. The Balaban J connectivity index is 1.55. The number of benzene rings is 1. The molecule has 2 aromatic rings. The Bertz CT molecular complexity index is 859. The van der Waals surface area contributed by atoms with Gasteiger partial charge in [-0.1, -0.05) is 32.4 Å². The Morgan fingerprint density at radius 2 is 1.97 bits per heavy atom. The first-order valence-electron chi connectivity index (χ1n) is 11.7. The van der Waals surface area contributed by atoms with Crippen LogP contribution in [0, 0.1) is 5.92 Å². The van der Waals surface area contributed by atoms with Crippen LogP contribution in [0.1, 0.15) is 56.9 Å². The molecule has 32 heavy (non-hydrogen) atoms. The summed E-state index contributed by atoms with van der Waals surface area (Å²) >= 11 is 0. The van der Waals surface area contributed by atoms with Crippen molar-refractivity contribution in [2.24, 2.45) is 10.9 Å². The van der Waals surface area contributed by atoms with Gasteiger partial charge in [0.1, 0.15) is 5.76 Å². The molecule has 1 aliphatic rings. The van der Waals surface area contributed by atoms with Gasteiger partial charge in [0, 0.05) is 31.7 Å². The number of hydrogen-bond donors (Lipinski definition) is 3. The van der Waals surface area contributed by atoms with E-state index in [9.17, 15) is 4.79 Å². The molecule has 0 saturated carbocycles. The standard InChI is InChI=1S/C25H37N5O2/c1-4-19(2)24(31)29-21-11-8-10-20(16-21)17-27-25(26-3)28-18-22(23-12-9-15-32-23)30-13-6-5-7-14-30/h8-12,15-16,19,22H,4-7,13-14,17-18H2,1-3H3,(H,29,31)(H2,26,27,28). The summed E-state index contributed by atoms with van der Waals surface area (Å²) in [6.45, 7) is 7.48. The Labute approximate surface area is 191 Å². The van der Waals surface area contributed by atoms with Gasteiger partial charge in [0.05, 0.1) is 12.3 Å². The number of aliphatic imine (C=N–C) groups is 1. The molecule has 0 radical (unpaired) electrons. The number of guanidine groups is 1. The van der Waals surface area contributed by atoms with E-state index >= 15 is 0 Å². The smallest absolute Gasteiger partial charge is 0.227 e. The Kier molecular flexibility index (Phi) is 9.16. The van der Waals surface area contributed by atoms with Crippen molar-refractivity contribution in [2.45, 2.75) is 52.1 Å². The van der Waals surface area contributed by atoms with E-state index in [2.05, 4.69) is 31.9 Å². The maximum Gasteiger partial charge on any atom is 0.227 e. The molecule has 0 spiro atoms. The molecule has 2 heterocycles. The molecule has 3 N–H and O–H groups in total. The van der Waals surface area contributed by atoms with Crippen LogP contribution in [-0.2, 0) is 11.3 Å². The van der Waals surface area contributed by atoms with E-state index in [4.69, 9.17) is 4.42 Å². The van der Waals surface area contributed by atoms with Gasteiger partial charge < -0.3 is 20.4 Å². The lowest BCUT2D eigenvalue weighted by Crippen LogP contribution is -2.44. The van der Waals surface area contributed by atoms with Gasteiger partial charge in [-0.15, -0.1) is 0 Å². The minimum atomic E-state index is 0.00169.